The monoisotopic (exact) mass is 286 g/mol. The Morgan fingerprint density at radius 1 is 1.10 bits per heavy atom. The molecule has 0 amide bonds. The van der Waals surface area contributed by atoms with Crippen LogP contribution in [0.1, 0.15) is 49.7 Å². The standard InChI is InChI=1S/C16H21F3O/c17-16(18,19)14-8-5-13(6-9-14)11-15(20)10-7-12-3-1-2-4-12/h5-6,8-9,12,15,20H,1-4,7,10-11H2. The van der Waals surface area contributed by atoms with E-state index < -0.39 is 17.8 Å². The lowest BCUT2D eigenvalue weighted by atomic mass is 9.96. The van der Waals surface area contributed by atoms with E-state index in [4.69, 9.17) is 0 Å². The summed E-state index contributed by atoms with van der Waals surface area (Å²) in [4.78, 5) is 0. The second kappa shape index (κ2) is 6.61. The molecular weight excluding hydrogens is 265 g/mol. The lowest BCUT2D eigenvalue weighted by Gasteiger charge is -2.14. The highest BCUT2D eigenvalue weighted by molar-refractivity contribution is 5.25. The number of hydrogen-bond acceptors (Lipinski definition) is 1. The molecule has 1 nitrogen and oxygen atoms in total. The van der Waals surface area contributed by atoms with Crippen molar-refractivity contribution in [1.82, 2.24) is 0 Å². The highest BCUT2D eigenvalue weighted by Crippen LogP contribution is 2.30. The average molecular weight is 286 g/mol. The summed E-state index contributed by atoms with van der Waals surface area (Å²) in [7, 11) is 0. The molecule has 1 aliphatic rings. The van der Waals surface area contributed by atoms with E-state index >= 15 is 0 Å². The summed E-state index contributed by atoms with van der Waals surface area (Å²) >= 11 is 0. The van der Waals surface area contributed by atoms with Crippen molar-refractivity contribution >= 4 is 0 Å². The molecular formula is C16H21F3O. The molecule has 0 aromatic heterocycles. The van der Waals surface area contributed by atoms with E-state index in [9.17, 15) is 18.3 Å². The molecule has 0 spiro atoms. The minimum absolute atomic E-state index is 0.435. The Bertz CT molecular complexity index is 405. The first-order chi connectivity index (χ1) is 9.45. The van der Waals surface area contributed by atoms with E-state index in [-0.39, 0.29) is 0 Å². The Morgan fingerprint density at radius 2 is 1.70 bits per heavy atom. The molecule has 112 valence electrons. The summed E-state index contributed by atoms with van der Waals surface area (Å²) in [5.41, 5.74) is 0.124. The molecule has 1 saturated carbocycles. The topological polar surface area (TPSA) is 20.2 Å². The molecule has 0 heterocycles. The molecule has 0 radical (unpaired) electrons. The minimum Gasteiger partial charge on any atom is -0.393 e. The fourth-order valence-electron chi connectivity index (χ4n) is 2.93. The van der Waals surface area contributed by atoms with Crippen LogP contribution in [-0.2, 0) is 12.6 Å². The fourth-order valence-corrected chi connectivity index (χ4v) is 2.93. The maximum atomic E-state index is 12.4. The maximum absolute atomic E-state index is 12.4. The summed E-state index contributed by atoms with van der Waals surface area (Å²) in [5.74, 6) is 0.734. The Morgan fingerprint density at radius 3 is 2.25 bits per heavy atom. The van der Waals surface area contributed by atoms with Gasteiger partial charge in [-0.05, 0) is 42.9 Å². The second-order valence-electron chi connectivity index (χ2n) is 5.78. The van der Waals surface area contributed by atoms with Gasteiger partial charge in [0.25, 0.3) is 0 Å². The average Bonchev–Trinajstić information content (AvgIpc) is 2.89. The molecule has 1 aliphatic carbocycles. The lowest BCUT2D eigenvalue weighted by molar-refractivity contribution is -0.137. The van der Waals surface area contributed by atoms with Crippen molar-refractivity contribution in [3.63, 3.8) is 0 Å². The van der Waals surface area contributed by atoms with Crippen LogP contribution in [0.25, 0.3) is 0 Å². The van der Waals surface area contributed by atoms with Gasteiger partial charge < -0.3 is 5.11 Å². The highest BCUT2D eigenvalue weighted by atomic mass is 19.4. The molecule has 2 rings (SSSR count). The number of aliphatic hydroxyl groups is 1. The van der Waals surface area contributed by atoms with E-state index in [0.29, 0.717) is 6.42 Å². The predicted octanol–water partition coefficient (Wildman–Crippen LogP) is 4.58. The third kappa shape index (κ3) is 4.51. The van der Waals surface area contributed by atoms with Crippen molar-refractivity contribution in [2.45, 2.75) is 57.2 Å². The van der Waals surface area contributed by atoms with Gasteiger partial charge in [0.2, 0.25) is 0 Å². The van der Waals surface area contributed by atoms with E-state index in [1.165, 1.54) is 37.8 Å². The normalized spacial score (nSPS) is 18.4. The van der Waals surface area contributed by atoms with Gasteiger partial charge in [-0.15, -0.1) is 0 Å². The lowest BCUT2D eigenvalue weighted by Crippen LogP contribution is -2.12. The van der Waals surface area contributed by atoms with Crippen molar-refractivity contribution < 1.29 is 18.3 Å². The van der Waals surface area contributed by atoms with Gasteiger partial charge in [0.1, 0.15) is 0 Å². The molecule has 0 saturated heterocycles. The van der Waals surface area contributed by atoms with Gasteiger partial charge in [0.05, 0.1) is 11.7 Å². The van der Waals surface area contributed by atoms with Gasteiger partial charge in [0, 0.05) is 0 Å². The smallest absolute Gasteiger partial charge is 0.393 e. The zero-order valence-corrected chi connectivity index (χ0v) is 11.5. The van der Waals surface area contributed by atoms with Crippen LogP contribution in [-0.4, -0.2) is 11.2 Å². The Balaban J connectivity index is 1.80. The highest BCUT2D eigenvalue weighted by Gasteiger charge is 2.30. The molecule has 0 bridgehead atoms. The van der Waals surface area contributed by atoms with Gasteiger partial charge in [-0.2, -0.15) is 13.2 Å². The first-order valence-electron chi connectivity index (χ1n) is 7.29. The molecule has 1 aromatic rings. The van der Waals surface area contributed by atoms with Gasteiger partial charge >= 0.3 is 6.18 Å². The summed E-state index contributed by atoms with van der Waals surface area (Å²) in [6, 6.07) is 5.08. The summed E-state index contributed by atoms with van der Waals surface area (Å²) in [5, 5.41) is 9.97. The minimum atomic E-state index is -4.29. The Kier molecular flexibility index (Phi) is 5.08. The molecule has 1 atom stereocenters. The van der Waals surface area contributed by atoms with Crippen molar-refractivity contribution in [3.8, 4) is 0 Å². The number of halogens is 3. The predicted molar refractivity (Wildman–Crippen MR) is 72.3 cm³/mol. The van der Waals surface area contributed by atoms with Crippen LogP contribution in [0.3, 0.4) is 0 Å². The van der Waals surface area contributed by atoms with Gasteiger partial charge in [-0.3, -0.25) is 0 Å². The van der Waals surface area contributed by atoms with Crippen molar-refractivity contribution in [2.75, 3.05) is 0 Å². The van der Waals surface area contributed by atoms with Crippen molar-refractivity contribution in [1.29, 1.82) is 0 Å². The summed E-state index contributed by atoms with van der Waals surface area (Å²) in [6.45, 7) is 0. The molecule has 1 N–H and O–H groups in total. The number of alkyl halides is 3. The van der Waals surface area contributed by atoms with Gasteiger partial charge in [0.15, 0.2) is 0 Å². The van der Waals surface area contributed by atoms with Crippen molar-refractivity contribution in [3.05, 3.63) is 35.4 Å². The Labute approximate surface area is 117 Å². The quantitative estimate of drug-likeness (QED) is 0.840. The van der Waals surface area contributed by atoms with Crippen LogP contribution in [0.15, 0.2) is 24.3 Å². The van der Waals surface area contributed by atoms with E-state index in [0.717, 1.165) is 36.5 Å². The van der Waals surface area contributed by atoms with Crippen LogP contribution >= 0.6 is 0 Å². The summed E-state index contributed by atoms with van der Waals surface area (Å²) in [6.07, 6.45) is 2.56. The van der Waals surface area contributed by atoms with E-state index in [2.05, 4.69) is 0 Å². The second-order valence-corrected chi connectivity index (χ2v) is 5.78. The molecule has 4 heteroatoms. The number of hydrogen-bond donors (Lipinski definition) is 1. The third-order valence-corrected chi connectivity index (χ3v) is 4.14. The van der Waals surface area contributed by atoms with Gasteiger partial charge in [-0.25, -0.2) is 0 Å². The molecule has 1 fully saturated rings. The molecule has 1 unspecified atom stereocenters. The van der Waals surface area contributed by atoms with Crippen molar-refractivity contribution in [2.24, 2.45) is 5.92 Å². The van der Waals surface area contributed by atoms with Crippen LogP contribution in [0.5, 0.6) is 0 Å². The zero-order valence-electron chi connectivity index (χ0n) is 11.5. The molecule has 0 aliphatic heterocycles. The molecule has 20 heavy (non-hydrogen) atoms. The Hall–Kier alpha value is -1.03. The van der Waals surface area contributed by atoms with Gasteiger partial charge in [-0.1, -0.05) is 37.8 Å². The first-order valence-corrected chi connectivity index (χ1v) is 7.29. The van der Waals surface area contributed by atoms with Crippen LogP contribution < -0.4 is 0 Å². The third-order valence-electron chi connectivity index (χ3n) is 4.14. The number of rotatable bonds is 5. The SMILES string of the molecule is OC(CCC1CCCC1)Cc1ccc(C(F)(F)F)cc1. The van der Waals surface area contributed by atoms with Crippen LogP contribution in [0.2, 0.25) is 0 Å². The van der Waals surface area contributed by atoms with Crippen LogP contribution in [0, 0.1) is 5.92 Å². The summed E-state index contributed by atoms with van der Waals surface area (Å²) < 4.78 is 37.3. The first kappa shape index (κ1) is 15.4. The number of aliphatic hydroxyl groups excluding tert-OH is 1. The largest absolute Gasteiger partial charge is 0.416 e. The van der Waals surface area contributed by atoms with E-state index in [1.54, 1.807) is 0 Å². The number of benzene rings is 1. The zero-order chi connectivity index (χ0) is 14.6. The maximum Gasteiger partial charge on any atom is 0.416 e. The molecule has 1 aromatic carbocycles. The van der Waals surface area contributed by atoms with E-state index in [1.807, 2.05) is 0 Å². The van der Waals surface area contributed by atoms with Crippen LogP contribution in [0.4, 0.5) is 13.2 Å². The fraction of sp³-hybridized carbons (Fsp3) is 0.625.